The van der Waals surface area contributed by atoms with Gasteiger partial charge in [-0.1, -0.05) is 112 Å². The van der Waals surface area contributed by atoms with Crippen LogP contribution in [0.25, 0.3) is 0 Å². The van der Waals surface area contributed by atoms with Gasteiger partial charge in [0.05, 0.1) is 0 Å². The van der Waals surface area contributed by atoms with Gasteiger partial charge in [-0.2, -0.15) is 0 Å². The number of unbranched alkanes of at least 4 members (excludes halogenated alkanes) is 14. The van der Waals surface area contributed by atoms with E-state index in [1.165, 1.54) is 101 Å². The highest BCUT2D eigenvalue weighted by molar-refractivity contribution is 14.1. The molecule has 0 aliphatic rings. The van der Waals surface area contributed by atoms with Crippen LogP contribution in [0.1, 0.15) is 96.3 Å². The third-order valence-electron chi connectivity index (χ3n) is 4.25. The molecule has 22 heavy (non-hydrogen) atoms. The van der Waals surface area contributed by atoms with E-state index in [2.05, 4.69) is 22.6 Å². The molecular formula is C18H37Cl2ISi. The van der Waals surface area contributed by atoms with Gasteiger partial charge in [0.25, 0.3) is 0 Å². The van der Waals surface area contributed by atoms with Crippen LogP contribution in [-0.2, 0) is 0 Å². The topological polar surface area (TPSA) is 0 Å². The second-order valence-electron chi connectivity index (χ2n) is 6.81. The van der Waals surface area contributed by atoms with Crippen molar-refractivity contribution < 1.29 is 0 Å². The molecule has 0 saturated heterocycles. The average molecular weight is 479 g/mol. The molecular weight excluding hydrogens is 442 g/mol. The SMILES string of the molecule is C[Si](Cl)(Cl)CCCCCCCCCCCCCCCCCI. The Morgan fingerprint density at radius 2 is 0.818 bits per heavy atom. The van der Waals surface area contributed by atoms with Gasteiger partial charge in [0.2, 0.25) is 6.69 Å². The monoisotopic (exact) mass is 478 g/mol. The lowest BCUT2D eigenvalue weighted by Crippen LogP contribution is -2.11. The lowest BCUT2D eigenvalue weighted by molar-refractivity contribution is 0.535. The zero-order chi connectivity index (χ0) is 16.5. The van der Waals surface area contributed by atoms with Crippen LogP contribution in [0.2, 0.25) is 12.6 Å². The molecule has 0 atom stereocenters. The van der Waals surface area contributed by atoms with Crippen LogP contribution in [0.15, 0.2) is 0 Å². The van der Waals surface area contributed by atoms with Crippen molar-refractivity contribution in [2.45, 2.75) is 109 Å². The molecule has 134 valence electrons. The molecule has 0 amide bonds. The molecule has 0 aliphatic heterocycles. The highest BCUT2D eigenvalue weighted by Crippen LogP contribution is 2.23. The summed E-state index contributed by atoms with van der Waals surface area (Å²) in [5.41, 5.74) is 0. The van der Waals surface area contributed by atoms with Crippen molar-refractivity contribution in [3.8, 4) is 0 Å². The van der Waals surface area contributed by atoms with Gasteiger partial charge in [0.15, 0.2) is 0 Å². The Balaban J connectivity index is 3.00. The second-order valence-corrected chi connectivity index (χ2v) is 16.1. The van der Waals surface area contributed by atoms with Crippen LogP contribution in [0.3, 0.4) is 0 Å². The molecule has 0 aromatic heterocycles. The van der Waals surface area contributed by atoms with Gasteiger partial charge in [-0.15, -0.1) is 22.2 Å². The first kappa shape index (κ1) is 23.5. The summed E-state index contributed by atoms with van der Waals surface area (Å²) in [4.78, 5) is 0. The second kappa shape index (κ2) is 17.4. The lowest BCUT2D eigenvalue weighted by atomic mass is 10.0. The Labute approximate surface area is 164 Å². The molecule has 0 heterocycles. The van der Waals surface area contributed by atoms with E-state index in [1.54, 1.807) is 0 Å². The predicted molar refractivity (Wildman–Crippen MR) is 116 cm³/mol. The molecule has 0 nitrogen and oxygen atoms in total. The van der Waals surface area contributed by atoms with Crippen LogP contribution in [-0.4, -0.2) is 11.1 Å². The Kier molecular flexibility index (Phi) is 18.6. The molecule has 0 aliphatic carbocycles. The zero-order valence-corrected chi connectivity index (χ0v) is 19.3. The summed E-state index contributed by atoms with van der Waals surface area (Å²) < 4.78 is 1.33. The van der Waals surface area contributed by atoms with Crippen LogP contribution < -0.4 is 0 Å². The van der Waals surface area contributed by atoms with E-state index in [-0.39, 0.29) is 0 Å². The molecule has 0 rings (SSSR count). The molecule has 0 saturated carbocycles. The fourth-order valence-corrected chi connectivity index (χ4v) is 5.04. The molecule has 0 aromatic rings. The van der Waals surface area contributed by atoms with Gasteiger partial charge in [0, 0.05) is 0 Å². The summed E-state index contributed by atoms with van der Waals surface area (Å²) in [7, 11) is 0. The smallest absolute Gasteiger partial charge is 0.146 e. The zero-order valence-electron chi connectivity index (χ0n) is 14.7. The fourth-order valence-electron chi connectivity index (χ4n) is 2.83. The summed E-state index contributed by atoms with van der Waals surface area (Å²) in [6.45, 7) is 0.209. The summed E-state index contributed by atoms with van der Waals surface area (Å²) in [5, 5.41) is 0. The Hall–Kier alpha value is 1.53. The maximum Gasteiger partial charge on any atom is 0.248 e. The van der Waals surface area contributed by atoms with E-state index < -0.39 is 6.69 Å². The molecule has 0 unspecified atom stereocenters. The summed E-state index contributed by atoms with van der Waals surface area (Å²) in [6.07, 6.45) is 21.2. The summed E-state index contributed by atoms with van der Waals surface area (Å²) >= 11 is 14.7. The van der Waals surface area contributed by atoms with Gasteiger partial charge >= 0.3 is 0 Å². The number of alkyl halides is 1. The number of hydrogen-bond donors (Lipinski definition) is 0. The Morgan fingerprint density at radius 1 is 0.545 bits per heavy atom. The van der Waals surface area contributed by atoms with Crippen LogP contribution in [0.5, 0.6) is 0 Å². The minimum atomic E-state index is -1.82. The van der Waals surface area contributed by atoms with Gasteiger partial charge in [-0.3, -0.25) is 0 Å². The first-order valence-corrected chi connectivity index (χ1v) is 15.8. The third kappa shape index (κ3) is 21.5. The Morgan fingerprint density at radius 3 is 1.09 bits per heavy atom. The molecule has 0 N–H and O–H groups in total. The maximum absolute atomic E-state index is 6.10. The third-order valence-corrected chi connectivity index (χ3v) is 7.38. The lowest BCUT2D eigenvalue weighted by Gasteiger charge is -2.09. The number of halogens is 3. The standard InChI is InChI=1S/C18H37Cl2ISi/c1-22(19,20)18-16-14-12-10-8-6-4-2-3-5-7-9-11-13-15-17-21/h2-18H2,1H3. The van der Waals surface area contributed by atoms with Crippen LogP contribution in [0, 0.1) is 0 Å². The molecule has 0 fully saturated rings. The van der Waals surface area contributed by atoms with Gasteiger partial charge in [-0.25, -0.2) is 0 Å². The molecule has 0 radical (unpaired) electrons. The predicted octanol–water partition coefficient (Wildman–Crippen LogP) is 8.82. The van der Waals surface area contributed by atoms with Crippen LogP contribution in [0.4, 0.5) is 0 Å². The van der Waals surface area contributed by atoms with E-state index in [4.69, 9.17) is 22.2 Å². The van der Waals surface area contributed by atoms with E-state index in [0.29, 0.717) is 0 Å². The Bertz CT molecular complexity index is 220. The fraction of sp³-hybridized carbons (Fsp3) is 1.00. The quantitative estimate of drug-likeness (QED) is 0.0643. The highest BCUT2D eigenvalue weighted by Gasteiger charge is 2.19. The highest BCUT2D eigenvalue weighted by atomic mass is 127. The van der Waals surface area contributed by atoms with Crippen molar-refractivity contribution in [1.82, 2.24) is 0 Å². The van der Waals surface area contributed by atoms with Crippen molar-refractivity contribution in [2.75, 3.05) is 4.43 Å². The van der Waals surface area contributed by atoms with E-state index in [0.717, 1.165) is 6.04 Å². The molecule has 4 heteroatoms. The van der Waals surface area contributed by atoms with E-state index >= 15 is 0 Å². The largest absolute Gasteiger partial charge is 0.248 e. The van der Waals surface area contributed by atoms with Gasteiger partial charge < -0.3 is 0 Å². The van der Waals surface area contributed by atoms with E-state index in [9.17, 15) is 0 Å². The van der Waals surface area contributed by atoms with Crippen molar-refractivity contribution in [3.05, 3.63) is 0 Å². The van der Waals surface area contributed by atoms with Crippen molar-refractivity contribution >= 4 is 51.4 Å². The number of rotatable bonds is 17. The first-order valence-electron chi connectivity index (χ1n) is 9.50. The van der Waals surface area contributed by atoms with E-state index in [1.807, 2.05) is 6.55 Å². The minimum absolute atomic E-state index is 1.06. The normalized spacial score (nSPS) is 12.0. The summed E-state index contributed by atoms with van der Waals surface area (Å²) in [5.74, 6) is 0. The van der Waals surface area contributed by atoms with Crippen molar-refractivity contribution in [3.63, 3.8) is 0 Å². The van der Waals surface area contributed by atoms with Crippen molar-refractivity contribution in [1.29, 1.82) is 0 Å². The maximum atomic E-state index is 6.10. The molecule has 0 aromatic carbocycles. The van der Waals surface area contributed by atoms with Crippen molar-refractivity contribution in [2.24, 2.45) is 0 Å². The van der Waals surface area contributed by atoms with Gasteiger partial charge in [0.1, 0.15) is 0 Å². The van der Waals surface area contributed by atoms with Gasteiger partial charge in [-0.05, 0) is 23.4 Å². The molecule has 0 bridgehead atoms. The first-order chi connectivity index (χ1) is 10.6. The average Bonchev–Trinajstić information content (AvgIpc) is 2.45. The molecule has 0 spiro atoms. The number of hydrogen-bond acceptors (Lipinski definition) is 0. The van der Waals surface area contributed by atoms with Crippen LogP contribution >= 0.6 is 44.7 Å². The minimum Gasteiger partial charge on any atom is -0.146 e. The summed E-state index contributed by atoms with van der Waals surface area (Å²) in [6, 6.07) is 1.06.